The summed E-state index contributed by atoms with van der Waals surface area (Å²) >= 11 is 0. The van der Waals surface area contributed by atoms with E-state index in [1.807, 2.05) is 40.7 Å². The Kier molecular flexibility index (Phi) is 6.48. The molecule has 0 spiro atoms. The summed E-state index contributed by atoms with van der Waals surface area (Å²) in [7, 11) is -1.68. The van der Waals surface area contributed by atoms with Crippen molar-refractivity contribution < 1.29 is 18.8 Å². The van der Waals surface area contributed by atoms with E-state index >= 15 is 0 Å². The molecule has 0 atom stereocenters. The molecule has 0 aliphatic carbocycles. The first-order chi connectivity index (χ1) is 12.4. The zero-order valence-electron chi connectivity index (χ0n) is 17.9. The van der Waals surface area contributed by atoms with E-state index in [0.29, 0.717) is 17.9 Å². The van der Waals surface area contributed by atoms with Crippen LogP contribution in [0.15, 0.2) is 12.1 Å². The summed E-state index contributed by atoms with van der Waals surface area (Å²) in [6, 6.07) is 6.83. The summed E-state index contributed by atoms with van der Waals surface area (Å²) < 4.78 is 24.0. The molecular formula is C20H32BNO4Si. The van der Waals surface area contributed by atoms with Gasteiger partial charge in [-0.05, 0) is 58.4 Å². The first-order valence-electron chi connectivity index (χ1n) is 9.47. The van der Waals surface area contributed by atoms with Crippen molar-refractivity contribution in [1.82, 2.24) is 0 Å². The first kappa shape index (κ1) is 22.0. The second kappa shape index (κ2) is 7.96. The van der Waals surface area contributed by atoms with Crippen LogP contribution in [0.4, 0.5) is 0 Å². The Morgan fingerprint density at radius 3 is 2.22 bits per heavy atom. The van der Waals surface area contributed by atoms with Gasteiger partial charge in [-0.15, -0.1) is 0 Å². The molecule has 148 valence electrons. The van der Waals surface area contributed by atoms with Crippen molar-refractivity contribution >= 4 is 20.7 Å². The molecule has 0 amide bonds. The summed E-state index contributed by atoms with van der Waals surface area (Å²) in [4.78, 5) is 0. The van der Waals surface area contributed by atoms with Gasteiger partial charge >= 0.3 is 7.12 Å². The zero-order chi connectivity index (χ0) is 20.5. The van der Waals surface area contributed by atoms with Gasteiger partial charge in [-0.2, -0.15) is 5.26 Å². The molecule has 5 nitrogen and oxygen atoms in total. The largest absolute Gasteiger partial charge is 0.498 e. The van der Waals surface area contributed by atoms with Crippen LogP contribution in [0.1, 0.15) is 38.8 Å². The fraction of sp³-hybridized carbons (Fsp3) is 0.650. The van der Waals surface area contributed by atoms with Gasteiger partial charge in [0.2, 0.25) is 0 Å². The van der Waals surface area contributed by atoms with Crippen molar-refractivity contribution in [2.75, 3.05) is 13.4 Å². The lowest BCUT2D eigenvalue weighted by molar-refractivity contribution is 0.00578. The molecule has 0 bridgehead atoms. The van der Waals surface area contributed by atoms with Gasteiger partial charge in [0.1, 0.15) is 5.75 Å². The topological polar surface area (TPSA) is 60.7 Å². The highest BCUT2D eigenvalue weighted by atomic mass is 28.3. The minimum atomic E-state index is -1.14. The Bertz CT molecular complexity index is 706. The van der Waals surface area contributed by atoms with Crippen LogP contribution in [-0.4, -0.2) is 39.8 Å². The lowest BCUT2D eigenvalue weighted by atomic mass is 9.75. The standard InChI is InChI=1S/C20H32BNO4Si/c1-15-11-16(13-22)12-17(24-14-23-9-10-27(6,7)8)18(15)21-25-19(2,3)20(4,5)26-21/h11-12H,9-10,14H2,1-8H3. The van der Waals surface area contributed by atoms with E-state index < -0.39 is 26.4 Å². The van der Waals surface area contributed by atoms with Crippen LogP contribution < -0.4 is 10.2 Å². The summed E-state index contributed by atoms with van der Waals surface area (Å²) in [5, 5.41) is 9.31. The maximum absolute atomic E-state index is 9.31. The van der Waals surface area contributed by atoms with Gasteiger partial charge in [0.05, 0.1) is 22.8 Å². The van der Waals surface area contributed by atoms with E-state index in [9.17, 15) is 5.26 Å². The Morgan fingerprint density at radius 2 is 1.70 bits per heavy atom. The van der Waals surface area contributed by atoms with Gasteiger partial charge in [-0.25, -0.2) is 0 Å². The summed E-state index contributed by atoms with van der Waals surface area (Å²) in [6.45, 7) is 17.8. The molecule has 1 heterocycles. The third-order valence-electron chi connectivity index (χ3n) is 5.26. The Hall–Kier alpha value is -1.33. The molecule has 0 unspecified atom stereocenters. The number of rotatable bonds is 7. The SMILES string of the molecule is Cc1cc(C#N)cc(OCOCC[Si](C)(C)C)c1B1OC(C)(C)C(C)(C)O1. The average molecular weight is 389 g/mol. The second-order valence-electron chi connectivity index (χ2n) is 9.39. The highest BCUT2D eigenvalue weighted by Gasteiger charge is 2.53. The molecule has 1 aromatic carbocycles. The molecule has 1 saturated heterocycles. The van der Waals surface area contributed by atoms with Crippen LogP contribution >= 0.6 is 0 Å². The molecule has 2 rings (SSSR count). The highest BCUT2D eigenvalue weighted by molar-refractivity contribution is 6.76. The van der Waals surface area contributed by atoms with Crippen molar-refractivity contribution in [2.45, 2.75) is 71.5 Å². The summed E-state index contributed by atoms with van der Waals surface area (Å²) in [5.41, 5.74) is 1.39. The quantitative estimate of drug-likeness (QED) is 0.403. The number of nitrogens with zero attached hydrogens (tertiary/aromatic N) is 1. The summed E-state index contributed by atoms with van der Waals surface area (Å²) in [5.74, 6) is 0.582. The number of nitriles is 1. The van der Waals surface area contributed by atoms with Crippen LogP contribution in [-0.2, 0) is 14.0 Å². The van der Waals surface area contributed by atoms with Crippen LogP contribution in [0.25, 0.3) is 0 Å². The van der Waals surface area contributed by atoms with E-state index in [2.05, 4.69) is 25.7 Å². The Morgan fingerprint density at radius 1 is 1.11 bits per heavy atom. The molecule has 1 aliphatic heterocycles. The zero-order valence-corrected chi connectivity index (χ0v) is 18.9. The fourth-order valence-corrected chi connectivity index (χ4v) is 3.51. The van der Waals surface area contributed by atoms with Crippen LogP contribution in [0, 0.1) is 18.3 Å². The number of aryl methyl sites for hydroxylation is 1. The normalized spacial score (nSPS) is 18.4. The minimum absolute atomic E-state index is 0.144. The van der Waals surface area contributed by atoms with Gasteiger partial charge in [-0.1, -0.05) is 19.6 Å². The van der Waals surface area contributed by atoms with Crippen molar-refractivity contribution in [3.8, 4) is 11.8 Å². The van der Waals surface area contributed by atoms with Crippen molar-refractivity contribution in [2.24, 2.45) is 0 Å². The van der Waals surface area contributed by atoms with Crippen LogP contribution in [0.3, 0.4) is 0 Å². The Balaban J connectivity index is 2.19. The first-order valence-corrected chi connectivity index (χ1v) is 13.2. The third-order valence-corrected chi connectivity index (χ3v) is 6.97. The molecule has 0 radical (unpaired) electrons. The Labute approximate surface area is 165 Å². The second-order valence-corrected chi connectivity index (χ2v) is 15.0. The minimum Gasteiger partial charge on any atom is -0.468 e. The molecule has 0 aromatic heterocycles. The monoisotopic (exact) mass is 389 g/mol. The van der Waals surface area contributed by atoms with Gasteiger partial charge in [-0.3, -0.25) is 0 Å². The molecule has 1 fully saturated rings. The molecule has 27 heavy (non-hydrogen) atoms. The van der Waals surface area contributed by atoms with E-state index in [-0.39, 0.29) is 6.79 Å². The van der Waals surface area contributed by atoms with Gasteiger partial charge < -0.3 is 18.8 Å². The molecule has 0 saturated carbocycles. The van der Waals surface area contributed by atoms with Gasteiger partial charge in [0.15, 0.2) is 6.79 Å². The van der Waals surface area contributed by atoms with Crippen molar-refractivity contribution in [3.63, 3.8) is 0 Å². The third kappa shape index (κ3) is 5.35. The van der Waals surface area contributed by atoms with E-state index in [1.54, 1.807) is 6.07 Å². The lowest BCUT2D eigenvalue weighted by Gasteiger charge is -2.32. The van der Waals surface area contributed by atoms with E-state index in [1.165, 1.54) is 0 Å². The van der Waals surface area contributed by atoms with Crippen molar-refractivity contribution in [3.05, 3.63) is 23.3 Å². The highest BCUT2D eigenvalue weighted by Crippen LogP contribution is 2.37. The average Bonchev–Trinajstić information content (AvgIpc) is 2.72. The molecular weight excluding hydrogens is 357 g/mol. The predicted molar refractivity (Wildman–Crippen MR) is 111 cm³/mol. The van der Waals surface area contributed by atoms with Crippen LogP contribution in [0.2, 0.25) is 25.7 Å². The maximum Gasteiger partial charge on any atom is 0.498 e. The predicted octanol–water partition coefficient (Wildman–Crippen LogP) is 3.86. The van der Waals surface area contributed by atoms with Crippen molar-refractivity contribution in [1.29, 1.82) is 5.26 Å². The summed E-state index contributed by atoms with van der Waals surface area (Å²) in [6.07, 6.45) is 0. The number of hydrogen-bond donors (Lipinski definition) is 0. The fourth-order valence-electron chi connectivity index (χ4n) is 2.76. The van der Waals surface area contributed by atoms with E-state index in [0.717, 1.165) is 17.1 Å². The lowest BCUT2D eigenvalue weighted by Crippen LogP contribution is -2.41. The number of hydrogen-bond acceptors (Lipinski definition) is 5. The molecule has 7 heteroatoms. The molecule has 0 N–H and O–H groups in total. The molecule has 1 aliphatic rings. The van der Waals surface area contributed by atoms with Crippen LogP contribution in [0.5, 0.6) is 5.75 Å². The van der Waals surface area contributed by atoms with E-state index in [4.69, 9.17) is 18.8 Å². The van der Waals surface area contributed by atoms with Gasteiger partial charge in [0, 0.05) is 20.1 Å². The maximum atomic E-state index is 9.31. The molecule has 1 aromatic rings. The smallest absolute Gasteiger partial charge is 0.468 e. The van der Waals surface area contributed by atoms with Gasteiger partial charge in [0.25, 0.3) is 0 Å². The number of benzene rings is 1. The number of ether oxygens (including phenoxy) is 2.